The Morgan fingerprint density at radius 2 is 1.85 bits per heavy atom. The number of hydrogen-bond acceptors (Lipinski definition) is 4. The van der Waals surface area contributed by atoms with Gasteiger partial charge in [0.2, 0.25) is 5.91 Å². The molecule has 140 valence electrons. The smallest absolute Gasteiger partial charge is 0.251 e. The molecule has 2 aromatic carbocycles. The Morgan fingerprint density at radius 1 is 1.15 bits per heavy atom. The molecular weight excluding hydrogens is 344 g/mol. The van der Waals surface area contributed by atoms with E-state index < -0.39 is 0 Å². The average Bonchev–Trinajstić information content (AvgIpc) is 2.71. The predicted octanol–water partition coefficient (Wildman–Crippen LogP) is 2.36. The molecule has 1 aliphatic rings. The summed E-state index contributed by atoms with van der Waals surface area (Å²) in [5, 5.41) is 2.57. The van der Waals surface area contributed by atoms with Gasteiger partial charge in [0.15, 0.2) is 17.6 Å². The molecule has 1 N–H and O–H groups in total. The maximum atomic E-state index is 12.3. The third-order valence-electron chi connectivity index (χ3n) is 4.24. The van der Waals surface area contributed by atoms with E-state index in [0.717, 1.165) is 11.3 Å². The summed E-state index contributed by atoms with van der Waals surface area (Å²) in [6, 6.07) is 14.5. The Morgan fingerprint density at radius 3 is 2.56 bits per heavy atom. The van der Waals surface area contributed by atoms with E-state index in [2.05, 4.69) is 5.32 Å². The van der Waals surface area contributed by atoms with Crippen LogP contribution in [0.15, 0.2) is 54.6 Å². The molecule has 3 rings (SSSR count). The van der Waals surface area contributed by atoms with Gasteiger partial charge < -0.3 is 19.7 Å². The zero-order valence-electron chi connectivity index (χ0n) is 15.3. The summed E-state index contributed by atoms with van der Waals surface area (Å²) in [7, 11) is 3.32. The van der Waals surface area contributed by atoms with Crippen LogP contribution in [0.1, 0.15) is 15.9 Å². The summed E-state index contributed by atoms with van der Waals surface area (Å²) in [5.74, 6) is 1.15. The van der Waals surface area contributed by atoms with Crippen LogP contribution in [0.3, 0.4) is 0 Å². The zero-order valence-corrected chi connectivity index (χ0v) is 15.3. The molecule has 1 heterocycles. The Bertz CT molecular complexity index is 846. The molecule has 0 aliphatic carbocycles. The lowest BCUT2D eigenvalue weighted by Crippen LogP contribution is -2.41. The minimum absolute atomic E-state index is 0.132. The van der Waals surface area contributed by atoms with Gasteiger partial charge >= 0.3 is 0 Å². The second kappa shape index (κ2) is 8.40. The van der Waals surface area contributed by atoms with E-state index in [1.807, 2.05) is 24.3 Å². The largest absolute Gasteiger partial charge is 0.486 e. The van der Waals surface area contributed by atoms with E-state index in [1.54, 1.807) is 49.3 Å². The maximum absolute atomic E-state index is 12.3. The number of carbonyl (C=O) groups is 2. The molecule has 2 aromatic rings. The number of nitrogens with zero attached hydrogens (tertiary/aromatic N) is 1. The quantitative estimate of drug-likeness (QED) is 0.825. The number of benzene rings is 2. The number of amides is 2. The predicted molar refractivity (Wildman–Crippen MR) is 103 cm³/mol. The first-order valence-electron chi connectivity index (χ1n) is 8.70. The molecule has 0 saturated heterocycles. The summed E-state index contributed by atoms with van der Waals surface area (Å²) in [5.41, 5.74) is 1.42. The van der Waals surface area contributed by atoms with Crippen LogP contribution in [0.2, 0.25) is 0 Å². The number of carbonyl (C=O) groups excluding carboxylic acids is 2. The first-order valence-corrected chi connectivity index (χ1v) is 8.70. The Kier molecular flexibility index (Phi) is 5.76. The Hall–Kier alpha value is -3.28. The van der Waals surface area contributed by atoms with Gasteiger partial charge in [-0.15, -0.1) is 0 Å². The summed E-state index contributed by atoms with van der Waals surface area (Å²) in [4.78, 5) is 25.5. The number of nitrogens with one attached hydrogen (secondary N) is 1. The van der Waals surface area contributed by atoms with Crippen molar-refractivity contribution < 1.29 is 19.1 Å². The van der Waals surface area contributed by atoms with E-state index in [1.165, 1.54) is 6.08 Å². The van der Waals surface area contributed by atoms with Crippen molar-refractivity contribution in [2.45, 2.75) is 6.10 Å². The molecule has 0 fully saturated rings. The van der Waals surface area contributed by atoms with Crippen LogP contribution < -0.4 is 14.8 Å². The van der Waals surface area contributed by atoms with Crippen molar-refractivity contribution in [3.63, 3.8) is 0 Å². The third kappa shape index (κ3) is 4.67. The van der Waals surface area contributed by atoms with Crippen LogP contribution in [0.4, 0.5) is 0 Å². The van der Waals surface area contributed by atoms with Gasteiger partial charge in [-0.25, -0.2) is 0 Å². The van der Waals surface area contributed by atoms with E-state index in [4.69, 9.17) is 9.47 Å². The molecule has 1 atom stereocenters. The van der Waals surface area contributed by atoms with Crippen molar-refractivity contribution in [3.8, 4) is 11.5 Å². The molecule has 6 heteroatoms. The highest BCUT2D eigenvalue weighted by Gasteiger charge is 2.23. The van der Waals surface area contributed by atoms with Crippen LogP contribution in [-0.2, 0) is 4.79 Å². The van der Waals surface area contributed by atoms with Crippen molar-refractivity contribution in [2.75, 3.05) is 27.2 Å². The fourth-order valence-corrected chi connectivity index (χ4v) is 2.73. The number of ether oxygens (including phenoxy) is 2. The molecule has 2 amide bonds. The summed E-state index contributed by atoms with van der Waals surface area (Å²) >= 11 is 0. The van der Waals surface area contributed by atoms with Gasteiger partial charge in [0.05, 0.1) is 6.54 Å². The highest BCUT2D eigenvalue weighted by molar-refractivity contribution is 5.94. The SMILES string of the molecule is CNC(=O)c1ccc(/C=C/C(=O)N(C)CC2COc3ccccc3O2)cc1. The van der Waals surface area contributed by atoms with Gasteiger partial charge in [-0.1, -0.05) is 24.3 Å². The van der Waals surface area contributed by atoms with Gasteiger partial charge in [-0.05, 0) is 35.9 Å². The molecular formula is C21H22N2O4. The molecule has 1 unspecified atom stereocenters. The van der Waals surface area contributed by atoms with Gasteiger partial charge in [-0.3, -0.25) is 9.59 Å². The number of fused-ring (bicyclic) bond motifs is 1. The molecule has 27 heavy (non-hydrogen) atoms. The fraction of sp³-hybridized carbons (Fsp3) is 0.238. The van der Waals surface area contributed by atoms with Crippen LogP contribution in [0, 0.1) is 0 Å². The van der Waals surface area contributed by atoms with Gasteiger partial charge in [0.25, 0.3) is 5.91 Å². The first-order chi connectivity index (χ1) is 13.1. The van der Waals surface area contributed by atoms with Gasteiger partial charge in [-0.2, -0.15) is 0 Å². The lowest BCUT2D eigenvalue weighted by Gasteiger charge is -2.29. The lowest BCUT2D eigenvalue weighted by atomic mass is 10.1. The maximum Gasteiger partial charge on any atom is 0.251 e. The van der Waals surface area contributed by atoms with Crippen LogP contribution in [0.25, 0.3) is 6.08 Å². The molecule has 0 saturated carbocycles. The van der Waals surface area contributed by atoms with Crippen molar-refractivity contribution >= 4 is 17.9 Å². The van der Waals surface area contributed by atoms with E-state index in [-0.39, 0.29) is 17.9 Å². The number of para-hydroxylation sites is 2. The zero-order chi connectivity index (χ0) is 19.2. The summed E-state index contributed by atoms with van der Waals surface area (Å²) < 4.78 is 11.6. The first kappa shape index (κ1) is 18.5. The summed E-state index contributed by atoms with van der Waals surface area (Å²) in [6.45, 7) is 0.826. The minimum atomic E-state index is -0.214. The van der Waals surface area contributed by atoms with E-state index in [0.29, 0.717) is 24.5 Å². The van der Waals surface area contributed by atoms with Gasteiger partial charge in [0, 0.05) is 25.7 Å². The van der Waals surface area contributed by atoms with Crippen molar-refractivity contribution in [1.29, 1.82) is 0 Å². The second-order valence-electron chi connectivity index (χ2n) is 6.25. The van der Waals surface area contributed by atoms with E-state index in [9.17, 15) is 9.59 Å². The van der Waals surface area contributed by atoms with Crippen molar-refractivity contribution in [2.24, 2.45) is 0 Å². The standard InChI is InChI=1S/C21H22N2O4/c1-22-21(25)16-10-7-15(8-11-16)9-12-20(24)23(2)13-17-14-26-18-5-3-4-6-19(18)27-17/h3-12,17H,13-14H2,1-2H3,(H,22,25)/b12-9+. The molecule has 6 nitrogen and oxygen atoms in total. The Labute approximate surface area is 158 Å². The molecule has 0 aromatic heterocycles. The van der Waals surface area contributed by atoms with Gasteiger partial charge in [0.1, 0.15) is 6.61 Å². The van der Waals surface area contributed by atoms with Crippen LogP contribution in [0.5, 0.6) is 11.5 Å². The van der Waals surface area contributed by atoms with Crippen LogP contribution in [-0.4, -0.2) is 50.1 Å². The highest BCUT2D eigenvalue weighted by atomic mass is 16.6. The molecule has 0 radical (unpaired) electrons. The van der Waals surface area contributed by atoms with Crippen molar-refractivity contribution in [1.82, 2.24) is 10.2 Å². The monoisotopic (exact) mass is 366 g/mol. The molecule has 0 bridgehead atoms. The lowest BCUT2D eigenvalue weighted by molar-refractivity contribution is -0.126. The number of rotatable bonds is 5. The Balaban J connectivity index is 1.55. The minimum Gasteiger partial charge on any atom is -0.486 e. The normalized spacial score (nSPS) is 15.4. The molecule has 1 aliphatic heterocycles. The number of likely N-dealkylation sites (N-methyl/N-ethyl adjacent to an activating group) is 1. The fourth-order valence-electron chi connectivity index (χ4n) is 2.73. The highest BCUT2D eigenvalue weighted by Crippen LogP contribution is 2.30. The van der Waals surface area contributed by atoms with Crippen LogP contribution >= 0.6 is 0 Å². The third-order valence-corrected chi connectivity index (χ3v) is 4.24. The van der Waals surface area contributed by atoms with Crippen molar-refractivity contribution in [3.05, 3.63) is 65.7 Å². The van der Waals surface area contributed by atoms with E-state index >= 15 is 0 Å². The molecule has 0 spiro atoms. The topological polar surface area (TPSA) is 67.9 Å². The number of hydrogen-bond donors (Lipinski definition) is 1. The second-order valence-corrected chi connectivity index (χ2v) is 6.25. The summed E-state index contributed by atoms with van der Waals surface area (Å²) in [6.07, 6.45) is 3.01. The average molecular weight is 366 g/mol.